The Labute approximate surface area is 203 Å². The van der Waals surface area contributed by atoms with Crippen LogP contribution in [0.1, 0.15) is 37.3 Å². The van der Waals surface area contributed by atoms with E-state index in [4.69, 9.17) is 23.7 Å². The number of carbonyl (C=O) groups is 1. The Hall–Kier alpha value is -3.85. The van der Waals surface area contributed by atoms with Crippen LogP contribution in [0.2, 0.25) is 0 Å². The highest BCUT2D eigenvalue weighted by Gasteiger charge is 2.37. The lowest BCUT2D eigenvalue weighted by molar-refractivity contribution is 0.0877. The first-order chi connectivity index (χ1) is 17.1. The lowest BCUT2D eigenvalue weighted by Gasteiger charge is -2.36. The number of carbonyl (C=O) groups excluding carboxylic acids is 1. The summed E-state index contributed by atoms with van der Waals surface area (Å²) in [7, 11) is 3.23. The molecule has 0 spiro atoms. The number of nitrogens with zero attached hydrogens (tertiary/aromatic N) is 3. The van der Waals surface area contributed by atoms with Crippen LogP contribution in [0, 0.1) is 0 Å². The number of methoxy groups -OCH3 is 2. The van der Waals surface area contributed by atoms with Crippen LogP contribution in [-0.2, 0) is 4.74 Å². The van der Waals surface area contributed by atoms with E-state index in [2.05, 4.69) is 10.5 Å². The summed E-state index contributed by atoms with van der Waals surface area (Å²) in [4.78, 5) is 19.6. The molecule has 2 atom stereocenters. The SMILES string of the molecule is COc1ccc(C2NC(=O)N(CC3CCCO3)C(C)=C2c2nc(-c3cccc(OC)c3)no2)cc1. The van der Waals surface area contributed by atoms with E-state index in [0.717, 1.165) is 47.6 Å². The van der Waals surface area contributed by atoms with Crippen LogP contribution in [0.4, 0.5) is 4.79 Å². The van der Waals surface area contributed by atoms with Crippen molar-refractivity contribution in [3.63, 3.8) is 0 Å². The molecule has 2 aliphatic rings. The van der Waals surface area contributed by atoms with E-state index in [1.807, 2.05) is 55.5 Å². The van der Waals surface area contributed by atoms with Gasteiger partial charge in [0.2, 0.25) is 5.82 Å². The average molecular weight is 477 g/mol. The van der Waals surface area contributed by atoms with E-state index in [1.54, 1.807) is 19.1 Å². The normalized spacial score (nSPS) is 20.2. The maximum atomic E-state index is 13.2. The molecule has 1 N–H and O–H groups in total. The molecular formula is C26H28N4O5. The summed E-state index contributed by atoms with van der Waals surface area (Å²) in [5.41, 5.74) is 3.15. The third kappa shape index (κ3) is 4.59. The number of rotatable bonds is 7. The van der Waals surface area contributed by atoms with E-state index in [0.29, 0.717) is 24.0 Å². The van der Waals surface area contributed by atoms with Crippen LogP contribution in [0.25, 0.3) is 17.0 Å². The maximum Gasteiger partial charge on any atom is 0.322 e. The van der Waals surface area contributed by atoms with Gasteiger partial charge in [-0.25, -0.2) is 4.79 Å². The predicted octanol–water partition coefficient (Wildman–Crippen LogP) is 4.43. The number of allylic oxidation sites excluding steroid dienone is 1. The minimum absolute atomic E-state index is 0.00418. The van der Waals surface area contributed by atoms with Crippen molar-refractivity contribution in [2.75, 3.05) is 27.4 Å². The molecule has 0 radical (unpaired) electrons. The van der Waals surface area contributed by atoms with Crippen molar-refractivity contribution in [3.8, 4) is 22.9 Å². The number of hydrogen-bond donors (Lipinski definition) is 1. The number of aromatic nitrogens is 2. The minimum Gasteiger partial charge on any atom is -0.497 e. The van der Waals surface area contributed by atoms with Gasteiger partial charge in [0, 0.05) is 17.9 Å². The smallest absolute Gasteiger partial charge is 0.322 e. The van der Waals surface area contributed by atoms with E-state index in [-0.39, 0.29) is 12.1 Å². The third-order valence-corrected chi connectivity index (χ3v) is 6.44. The summed E-state index contributed by atoms with van der Waals surface area (Å²) >= 11 is 0. The van der Waals surface area contributed by atoms with Crippen LogP contribution in [0.5, 0.6) is 11.5 Å². The highest BCUT2D eigenvalue weighted by Crippen LogP contribution is 2.38. The fraction of sp³-hybridized carbons (Fsp3) is 0.346. The molecule has 1 fully saturated rings. The van der Waals surface area contributed by atoms with E-state index >= 15 is 0 Å². The first kappa shape index (κ1) is 22.9. The van der Waals surface area contributed by atoms with E-state index < -0.39 is 6.04 Å². The minimum atomic E-state index is -0.465. The molecule has 0 saturated carbocycles. The maximum absolute atomic E-state index is 13.2. The molecule has 3 heterocycles. The molecular weight excluding hydrogens is 448 g/mol. The second-order valence-corrected chi connectivity index (χ2v) is 8.56. The van der Waals surface area contributed by atoms with Crippen molar-refractivity contribution in [2.45, 2.75) is 31.9 Å². The number of urea groups is 1. The van der Waals surface area contributed by atoms with Gasteiger partial charge >= 0.3 is 6.03 Å². The summed E-state index contributed by atoms with van der Waals surface area (Å²) in [6, 6.07) is 14.4. The zero-order chi connectivity index (χ0) is 24.4. The molecule has 2 unspecified atom stereocenters. The monoisotopic (exact) mass is 476 g/mol. The summed E-state index contributed by atoms with van der Waals surface area (Å²) in [5.74, 6) is 2.22. The zero-order valence-electron chi connectivity index (χ0n) is 20.0. The van der Waals surface area contributed by atoms with Crippen molar-refractivity contribution in [1.29, 1.82) is 0 Å². The number of nitrogens with one attached hydrogen (secondary N) is 1. The van der Waals surface area contributed by atoms with E-state index in [1.165, 1.54) is 0 Å². The van der Waals surface area contributed by atoms with Gasteiger partial charge in [0.25, 0.3) is 5.89 Å². The topological polar surface area (TPSA) is 99.0 Å². The summed E-state index contributed by atoms with van der Waals surface area (Å²) < 4.78 is 22.2. The molecule has 2 aliphatic heterocycles. The second kappa shape index (κ2) is 9.79. The Balaban J connectivity index is 1.56. The Kier molecular flexibility index (Phi) is 6.41. The fourth-order valence-electron chi connectivity index (χ4n) is 4.53. The highest BCUT2D eigenvalue weighted by molar-refractivity contribution is 5.87. The van der Waals surface area contributed by atoms with E-state index in [9.17, 15) is 4.79 Å². The second-order valence-electron chi connectivity index (χ2n) is 8.56. The lowest BCUT2D eigenvalue weighted by atomic mass is 9.94. The first-order valence-electron chi connectivity index (χ1n) is 11.6. The van der Waals surface area contributed by atoms with Crippen molar-refractivity contribution in [2.24, 2.45) is 0 Å². The van der Waals surface area contributed by atoms with Crippen molar-refractivity contribution >= 4 is 11.6 Å². The third-order valence-electron chi connectivity index (χ3n) is 6.44. The van der Waals surface area contributed by atoms with Gasteiger partial charge in [-0.15, -0.1) is 0 Å². The number of amides is 2. The molecule has 2 amide bonds. The van der Waals surface area contributed by atoms with Crippen LogP contribution in [0.3, 0.4) is 0 Å². The molecule has 5 rings (SSSR count). The summed E-state index contributed by atoms with van der Waals surface area (Å²) in [6.45, 7) is 3.10. The standard InChI is InChI=1S/C26H28N4O5/c1-16-22(25-28-24(29-35-25)18-6-4-7-20(14-18)33-3)23(17-9-11-19(32-2)12-10-17)27-26(31)30(16)15-21-8-5-13-34-21/h4,6-7,9-12,14,21,23H,5,8,13,15H2,1-3H3,(H,27,31). The van der Waals surface area contributed by atoms with Gasteiger partial charge in [-0.1, -0.05) is 29.4 Å². The molecule has 9 heteroatoms. The van der Waals surface area contributed by atoms with Gasteiger partial charge in [0.05, 0.1) is 38.5 Å². The van der Waals surface area contributed by atoms with Gasteiger partial charge in [0.15, 0.2) is 0 Å². The van der Waals surface area contributed by atoms with Crippen molar-refractivity contribution in [1.82, 2.24) is 20.4 Å². The van der Waals surface area contributed by atoms with Gasteiger partial charge in [0.1, 0.15) is 11.5 Å². The van der Waals surface area contributed by atoms with Crippen LogP contribution < -0.4 is 14.8 Å². The Morgan fingerprint density at radius 3 is 2.63 bits per heavy atom. The number of benzene rings is 2. The fourth-order valence-corrected chi connectivity index (χ4v) is 4.53. The van der Waals surface area contributed by atoms with Gasteiger partial charge in [-0.05, 0) is 49.6 Å². The molecule has 1 saturated heterocycles. The molecule has 2 aromatic carbocycles. The van der Waals surface area contributed by atoms with Gasteiger partial charge in [-0.3, -0.25) is 4.90 Å². The zero-order valence-corrected chi connectivity index (χ0v) is 20.0. The van der Waals surface area contributed by atoms with Crippen molar-refractivity contribution < 1.29 is 23.5 Å². The molecule has 35 heavy (non-hydrogen) atoms. The lowest BCUT2D eigenvalue weighted by Crippen LogP contribution is -2.48. The molecule has 9 nitrogen and oxygen atoms in total. The summed E-state index contributed by atoms with van der Waals surface area (Å²) in [6.07, 6.45) is 1.93. The molecule has 3 aromatic rings. The summed E-state index contributed by atoms with van der Waals surface area (Å²) in [5, 5.41) is 7.35. The van der Waals surface area contributed by atoms with Crippen LogP contribution in [0.15, 0.2) is 58.8 Å². The van der Waals surface area contributed by atoms with Gasteiger partial charge < -0.3 is 24.1 Å². The van der Waals surface area contributed by atoms with Crippen LogP contribution >= 0.6 is 0 Å². The van der Waals surface area contributed by atoms with Crippen molar-refractivity contribution in [3.05, 3.63) is 65.7 Å². The Bertz CT molecular complexity index is 1230. The highest BCUT2D eigenvalue weighted by atomic mass is 16.5. The number of ether oxygens (including phenoxy) is 3. The number of hydrogen-bond acceptors (Lipinski definition) is 7. The molecule has 0 aliphatic carbocycles. The quantitative estimate of drug-likeness (QED) is 0.539. The largest absolute Gasteiger partial charge is 0.497 e. The Morgan fingerprint density at radius 1 is 1.11 bits per heavy atom. The average Bonchev–Trinajstić information content (AvgIpc) is 3.59. The van der Waals surface area contributed by atoms with Crippen LogP contribution in [-0.4, -0.2) is 54.5 Å². The Morgan fingerprint density at radius 2 is 1.91 bits per heavy atom. The molecule has 1 aromatic heterocycles. The molecule has 182 valence electrons. The predicted molar refractivity (Wildman–Crippen MR) is 129 cm³/mol. The first-order valence-corrected chi connectivity index (χ1v) is 11.6. The van der Waals surface area contributed by atoms with Gasteiger partial charge in [-0.2, -0.15) is 4.98 Å². The molecule has 0 bridgehead atoms.